The van der Waals surface area contributed by atoms with Gasteiger partial charge in [0.15, 0.2) is 6.61 Å². The van der Waals surface area contributed by atoms with Gasteiger partial charge in [0.25, 0.3) is 11.8 Å². The molecule has 0 aromatic heterocycles. The van der Waals surface area contributed by atoms with Crippen LogP contribution in [0.15, 0.2) is 48.5 Å². The minimum absolute atomic E-state index is 0.193. The number of carbonyl (C=O) groups excluding carboxylic acids is 2. The predicted octanol–water partition coefficient (Wildman–Crippen LogP) is 3.44. The summed E-state index contributed by atoms with van der Waals surface area (Å²) in [5.74, 6) is 0.811. The Kier molecular flexibility index (Phi) is 7.67. The van der Waals surface area contributed by atoms with E-state index in [1.807, 2.05) is 31.2 Å². The van der Waals surface area contributed by atoms with Gasteiger partial charge >= 0.3 is 0 Å². The molecule has 0 spiro atoms. The number of hydrogen-bond donors (Lipinski definition) is 2. The number of nitrogens with one attached hydrogen (secondary N) is 2. The fourth-order valence-electron chi connectivity index (χ4n) is 2.41. The summed E-state index contributed by atoms with van der Waals surface area (Å²) in [5.41, 5.74) is 6.32. The lowest BCUT2D eigenvalue weighted by Gasteiger charge is -2.11. The van der Waals surface area contributed by atoms with Gasteiger partial charge in [-0.05, 0) is 55.2 Å². The van der Waals surface area contributed by atoms with Crippen molar-refractivity contribution in [2.24, 2.45) is 0 Å². The first kappa shape index (κ1) is 20.3. The zero-order chi connectivity index (χ0) is 19.6. The lowest BCUT2D eigenvalue weighted by atomic mass is 9.99. The Labute approximate surface area is 159 Å². The van der Waals surface area contributed by atoms with Crippen LogP contribution in [0.3, 0.4) is 0 Å². The molecule has 0 unspecified atom stereocenters. The van der Waals surface area contributed by atoms with E-state index in [0.717, 1.165) is 6.42 Å². The molecule has 2 aromatic carbocycles. The predicted molar refractivity (Wildman–Crippen MR) is 104 cm³/mol. The molecule has 0 heterocycles. The standard InChI is InChI=1S/C21H26N2O4/c1-4-15(3)16-9-11-18(12-10-16)27-14-20(24)22-23-21(25)17-7-6-8-19(13-17)26-5-2/h6-13,15H,4-5,14H2,1-3H3,(H,22,24)(H,23,25)/t15-/m1/s1. The number of hydrazine groups is 1. The molecule has 2 N–H and O–H groups in total. The second-order valence-electron chi connectivity index (χ2n) is 6.13. The molecule has 0 aliphatic heterocycles. The molecule has 2 rings (SSSR count). The molecule has 0 radical (unpaired) electrons. The summed E-state index contributed by atoms with van der Waals surface area (Å²) in [6.07, 6.45) is 1.07. The number of carbonyl (C=O) groups is 2. The summed E-state index contributed by atoms with van der Waals surface area (Å²) in [7, 11) is 0. The Morgan fingerprint density at radius 3 is 2.37 bits per heavy atom. The van der Waals surface area contributed by atoms with Crippen molar-refractivity contribution in [1.82, 2.24) is 10.9 Å². The Bertz CT molecular complexity index is 759. The average Bonchev–Trinajstić information content (AvgIpc) is 2.70. The van der Waals surface area contributed by atoms with Gasteiger partial charge in [-0.3, -0.25) is 20.4 Å². The van der Waals surface area contributed by atoms with Gasteiger partial charge in [-0.1, -0.05) is 32.0 Å². The van der Waals surface area contributed by atoms with Crippen molar-refractivity contribution < 1.29 is 19.1 Å². The maximum absolute atomic E-state index is 12.1. The Morgan fingerprint density at radius 2 is 1.70 bits per heavy atom. The normalized spacial score (nSPS) is 11.4. The molecule has 2 amide bonds. The maximum Gasteiger partial charge on any atom is 0.276 e. The molecule has 0 saturated heterocycles. The number of benzene rings is 2. The van der Waals surface area contributed by atoms with Gasteiger partial charge in [0.2, 0.25) is 0 Å². The van der Waals surface area contributed by atoms with Crippen LogP contribution in [-0.4, -0.2) is 25.0 Å². The van der Waals surface area contributed by atoms with Gasteiger partial charge in [0, 0.05) is 5.56 Å². The van der Waals surface area contributed by atoms with Crippen LogP contribution in [0.5, 0.6) is 11.5 Å². The van der Waals surface area contributed by atoms with E-state index in [9.17, 15) is 9.59 Å². The van der Waals surface area contributed by atoms with Crippen LogP contribution in [0.25, 0.3) is 0 Å². The van der Waals surface area contributed by atoms with Crippen molar-refractivity contribution in [1.29, 1.82) is 0 Å². The highest BCUT2D eigenvalue weighted by molar-refractivity contribution is 5.95. The first-order valence-corrected chi connectivity index (χ1v) is 9.08. The highest BCUT2D eigenvalue weighted by Gasteiger charge is 2.09. The molecule has 0 aliphatic rings. The molecule has 0 saturated carbocycles. The smallest absolute Gasteiger partial charge is 0.276 e. The van der Waals surface area contributed by atoms with Crippen molar-refractivity contribution in [2.75, 3.05) is 13.2 Å². The second-order valence-corrected chi connectivity index (χ2v) is 6.13. The third-order valence-electron chi connectivity index (χ3n) is 4.15. The van der Waals surface area contributed by atoms with E-state index in [1.165, 1.54) is 5.56 Å². The molecule has 27 heavy (non-hydrogen) atoms. The van der Waals surface area contributed by atoms with E-state index in [4.69, 9.17) is 9.47 Å². The largest absolute Gasteiger partial charge is 0.494 e. The molecule has 0 bridgehead atoms. The number of rotatable bonds is 8. The van der Waals surface area contributed by atoms with Crippen LogP contribution < -0.4 is 20.3 Å². The van der Waals surface area contributed by atoms with Crippen LogP contribution in [0.1, 0.15) is 49.0 Å². The first-order valence-electron chi connectivity index (χ1n) is 9.08. The topological polar surface area (TPSA) is 76.7 Å². The minimum atomic E-state index is -0.449. The lowest BCUT2D eigenvalue weighted by molar-refractivity contribution is -0.123. The first-order chi connectivity index (χ1) is 13.0. The second kappa shape index (κ2) is 10.2. The number of hydrogen-bond acceptors (Lipinski definition) is 4. The van der Waals surface area contributed by atoms with Crippen molar-refractivity contribution in [3.05, 3.63) is 59.7 Å². The van der Waals surface area contributed by atoms with Gasteiger partial charge < -0.3 is 9.47 Å². The quantitative estimate of drug-likeness (QED) is 0.698. The molecule has 6 nitrogen and oxygen atoms in total. The fourth-order valence-corrected chi connectivity index (χ4v) is 2.41. The summed E-state index contributed by atoms with van der Waals surface area (Å²) in [4.78, 5) is 24.0. The molecule has 144 valence electrons. The molecule has 1 atom stereocenters. The summed E-state index contributed by atoms with van der Waals surface area (Å²) in [6, 6.07) is 14.4. The molecule has 6 heteroatoms. The average molecular weight is 370 g/mol. The zero-order valence-corrected chi connectivity index (χ0v) is 16.0. The van der Waals surface area contributed by atoms with Crippen LogP contribution in [-0.2, 0) is 4.79 Å². The van der Waals surface area contributed by atoms with Crippen molar-refractivity contribution in [2.45, 2.75) is 33.1 Å². The van der Waals surface area contributed by atoms with Gasteiger partial charge in [-0.15, -0.1) is 0 Å². The SMILES string of the molecule is CCOc1cccc(C(=O)NNC(=O)COc2ccc([C@H](C)CC)cc2)c1. The Balaban J connectivity index is 1.79. The van der Waals surface area contributed by atoms with Crippen molar-refractivity contribution in [3.63, 3.8) is 0 Å². The lowest BCUT2D eigenvalue weighted by Crippen LogP contribution is -2.43. The Hall–Kier alpha value is -3.02. The van der Waals surface area contributed by atoms with E-state index >= 15 is 0 Å². The summed E-state index contributed by atoms with van der Waals surface area (Å²) in [5, 5.41) is 0. The maximum atomic E-state index is 12.1. The molecule has 2 aromatic rings. The highest BCUT2D eigenvalue weighted by atomic mass is 16.5. The van der Waals surface area contributed by atoms with Gasteiger partial charge in [-0.2, -0.15) is 0 Å². The molecular formula is C21H26N2O4. The molecular weight excluding hydrogens is 344 g/mol. The van der Waals surface area contributed by atoms with E-state index < -0.39 is 11.8 Å². The summed E-state index contributed by atoms with van der Waals surface area (Å²) < 4.78 is 10.8. The van der Waals surface area contributed by atoms with Crippen molar-refractivity contribution in [3.8, 4) is 11.5 Å². The van der Waals surface area contributed by atoms with E-state index in [0.29, 0.717) is 29.6 Å². The third-order valence-corrected chi connectivity index (χ3v) is 4.15. The molecule has 0 aliphatic carbocycles. The Morgan fingerprint density at radius 1 is 0.963 bits per heavy atom. The van der Waals surface area contributed by atoms with Gasteiger partial charge in [0.1, 0.15) is 11.5 Å². The van der Waals surface area contributed by atoms with Crippen LogP contribution in [0.4, 0.5) is 0 Å². The van der Waals surface area contributed by atoms with Gasteiger partial charge in [-0.25, -0.2) is 0 Å². The van der Waals surface area contributed by atoms with Crippen molar-refractivity contribution >= 4 is 11.8 Å². The van der Waals surface area contributed by atoms with Crippen LogP contribution in [0, 0.1) is 0 Å². The highest BCUT2D eigenvalue weighted by Crippen LogP contribution is 2.21. The minimum Gasteiger partial charge on any atom is -0.494 e. The fraction of sp³-hybridized carbons (Fsp3) is 0.333. The van der Waals surface area contributed by atoms with Gasteiger partial charge in [0.05, 0.1) is 6.61 Å². The van der Waals surface area contributed by atoms with Crippen LogP contribution >= 0.6 is 0 Å². The zero-order valence-electron chi connectivity index (χ0n) is 16.0. The number of ether oxygens (including phenoxy) is 2. The third kappa shape index (κ3) is 6.33. The monoisotopic (exact) mass is 370 g/mol. The summed E-state index contributed by atoms with van der Waals surface area (Å²) in [6.45, 7) is 6.49. The summed E-state index contributed by atoms with van der Waals surface area (Å²) >= 11 is 0. The van der Waals surface area contributed by atoms with E-state index in [1.54, 1.807) is 24.3 Å². The van der Waals surface area contributed by atoms with E-state index in [-0.39, 0.29) is 6.61 Å². The number of amides is 2. The van der Waals surface area contributed by atoms with Crippen LogP contribution in [0.2, 0.25) is 0 Å². The van der Waals surface area contributed by atoms with E-state index in [2.05, 4.69) is 24.7 Å². The molecule has 0 fully saturated rings.